The molecule has 0 bridgehead atoms. The molecule has 0 fully saturated rings. The van der Waals surface area contributed by atoms with E-state index in [1.54, 1.807) is 36.7 Å². The fourth-order valence-corrected chi connectivity index (χ4v) is 3.48. The van der Waals surface area contributed by atoms with Crippen molar-refractivity contribution >= 4 is 21.6 Å². The van der Waals surface area contributed by atoms with Crippen LogP contribution in [-0.4, -0.2) is 24.4 Å². The predicted molar refractivity (Wildman–Crippen MR) is 96.2 cm³/mol. The summed E-state index contributed by atoms with van der Waals surface area (Å²) in [7, 11) is -3.60. The monoisotopic (exact) mass is 368 g/mol. The SMILES string of the molecule is O=C(NCc1ccncc1)Nc1ccc(S(=O)(=O)c2ccncc2)cc1. The van der Waals surface area contributed by atoms with Gasteiger partial charge in [0.25, 0.3) is 0 Å². The highest BCUT2D eigenvalue weighted by Crippen LogP contribution is 2.21. The molecule has 8 heteroatoms. The van der Waals surface area contributed by atoms with Crippen LogP contribution in [0.5, 0.6) is 0 Å². The summed E-state index contributed by atoms with van der Waals surface area (Å²) >= 11 is 0. The van der Waals surface area contributed by atoms with Crippen molar-refractivity contribution in [3.63, 3.8) is 0 Å². The third-order valence-corrected chi connectivity index (χ3v) is 5.37. The van der Waals surface area contributed by atoms with Gasteiger partial charge in [-0.25, -0.2) is 13.2 Å². The number of hydrogen-bond donors (Lipinski definition) is 2. The minimum atomic E-state index is -3.60. The fourth-order valence-electron chi connectivity index (χ4n) is 2.23. The van der Waals surface area contributed by atoms with Gasteiger partial charge in [-0.15, -0.1) is 0 Å². The van der Waals surface area contributed by atoms with E-state index in [4.69, 9.17) is 0 Å². The fraction of sp³-hybridized carbons (Fsp3) is 0.0556. The minimum Gasteiger partial charge on any atom is -0.334 e. The van der Waals surface area contributed by atoms with Crippen molar-refractivity contribution in [1.29, 1.82) is 0 Å². The van der Waals surface area contributed by atoms with E-state index in [9.17, 15) is 13.2 Å². The van der Waals surface area contributed by atoms with Crippen LogP contribution in [0.3, 0.4) is 0 Å². The van der Waals surface area contributed by atoms with Gasteiger partial charge in [0.15, 0.2) is 0 Å². The smallest absolute Gasteiger partial charge is 0.319 e. The van der Waals surface area contributed by atoms with Crippen molar-refractivity contribution in [2.75, 3.05) is 5.32 Å². The number of rotatable bonds is 5. The van der Waals surface area contributed by atoms with Crippen LogP contribution in [-0.2, 0) is 16.4 Å². The topological polar surface area (TPSA) is 101 Å². The maximum Gasteiger partial charge on any atom is 0.319 e. The van der Waals surface area contributed by atoms with Gasteiger partial charge >= 0.3 is 6.03 Å². The number of sulfone groups is 1. The maximum atomic E-state index is 12.5. The normalized spacial score (nSPS) is 10.9. The van der Waals surface area contributed by atoms with E-state index in [-0.39, 0.29) is 15.8 Å². The van der Waals surface area contributed by atoms with E-state index < -0.39 is 9.84 Å². The Labute approximate surface area is 151 Å². The van der Waals surface area contributed by atoms with Crippen LogP contribution >= 0.6 is 0 Å². The van der Waals surface area contributed by atoms with Crippen molar-refractivity contribution in [2.24, 2.45) is 0 Å². The lowest BCUT2D eigenvalue weighted by atomic mass is 10.3. The highest BCUT2D eigenvalue weighted by molar-refractivity contribution is 7.91. The second kappa shape index (κ2) is 7.75. The molecule has 2 amide bonds. The summed E-state index contributed by atoms with van der Waals surface area (Å²) < 4.78 is 25.0. The van der Waals surface area contributed by atoms with Crippen LogP contribution in [0.2, 0.25) is 0 Å². The molecule has 7 nitrogen and oxygen atoms in total. The highest BCUT2D eigenvalue weighted by Gasteiger charge is 2.17. The quantitative estimate of drug-likeness (QED) is 0.721. The van der Waals surface area contributed by atoms with Gasteiger partial charge in [0, 0.05) is 37.0 Å². The molecular weight excluding hydrogens is 352 g/mol. The number of urea groups is 1. The molecule has 2 aromatic heterocycles. The standard InChI is InChI=1S/C18H16N4O3S/c23-18(21-13-14-5-9-19-10-6-14)22-15-1-3-16(4-2-15)26(24,25)17-7-11-20-12-8-17/h1-12H,13H2,(H2,21,22,23). The Morgan fingerprint density at radius 1 is 0.808 bits per heavy atom. The van der Waals surface area contributed by atoms with Gasteiger partial charge in [0.05, 0.1) is 9.79 Å². The van der Waals surface area contributed by atoms with E-state index in [1.165, 1.54) is 36.7 Å². The zero-order chi connectivity index (χ0) is 18.4. The van der Waals surface area contributed by atoms with Gasteiger partial charge in [0.1, 0.15) is 0 Å². The summed E-state index contributed by atoms with van der Waals surface area (Å²) in [5.41, 5.74) is 1.42. The Balaban J connectivity index is 1.63. The van der Waals surface area contributed by atoms with Crippen LogP contribution < -0.4 is 10.6 Å². The second-order valence-corrected chi connectivity index (χ2v) is 7.32. The first kappa shape index (κ1) is 17.6. The maximum absolute atomic E-state index is 12.5. The molecule has 26 heavy (non-hydrogen) atoms. The molecule has 0 radical (unpaired) electrons. The van der Waals surface area contributed by atoms with Gasteiger partial charge in [-0.3, -0.25) is 9.97 Å². The first-order chi connectivity index (χ1) is 12.6. The van der Waals surface area contributed by atoms with Gasteiger partial charge in [-0.05, 0) is 54.1 Å². The average molecular weight is 368 g/mol. The number of amides is 2. The van der Waals surface area contributed by atoms with Crippen molar-refractivity contribution in [3.05, 3.63) is 78.9 Å². The summed E-state index contributed by atoms with van der Waals surface area (Å²) in [6.07, 6.45) is 6.15. The molecule has 0 unspecified atom stereocenters. The average Bonchev–Trinajstić information content (AvgIpc) is 2.68. The minimum absolute atomic E-state index is 0.145. The summed E-state index contributed by atoms with van der Waals surface area (Å²) in [5, 5.41) is 5.38. The van der Waals surface area contributed by atoms with Crippen LogP contribution in [0, 0.1) is 0 Å². The number of nitrogens with zero attached hydrogens (tertiary/aromatic N) is 2. The van der Waals surface area contributed by atoms with Crippen molar-refractivity contribution in [2.45, 2.75) is 16.3 Å². The molecule has 1 aromatic carbocycles. The lowest BCUT2D eigenvalue weighted by molar-refractivity contribution is 0.251. The van der Waals surface area contributed by atoms with Gasteiger partial charge < -0.3 is 10.6 Å². The molecule has 2 N–H and O–H groups in total. The van der Waals surface area contributed by atoms with Gasteiger partial charge in [-0.2, -0.15) is 0 Å². The van der Waals surface area contributed by atoms with E-state index in [0.717, 1.165) is 5.56 Å². The first-order valence-corrected chi connectivity index (χ1v) is 9.23. The van der Waals surface area contributed by atoms with Crippen molar-refractivity contribution in [1.82, 2.24) is 15.3 Å². The summed E-state index contributed by atoms with van der Waals surface area (Å²) in [6.45, 7) is 0.364. The number of hydrogen-bond acceptors (Lipinski definition) is 5. The summed E-state index contributed by atoms with van der Waals surface area (Å²) in [4.78, 5) is 20.0. The third kappa shape index (κ3) is 4.22. The van der Waals surface area contributed by atoms with Crippen LogP contribution in [0.4, 0.5) is 10.5 Å². The molecule has 0 aliphatic carbocycles. The van der Waals surface area contributed by atoms with Gasteiger partial charge in [0.2, 0.25) is 9.84 Å². The lowest BCUT2D eigenvalue weighted by Gasteiger charge is -2.09. The Hall–Kier alpha value is -3.26. The van der Waals surface area contributed by atoms with Crippen molar-refractivity contribution in [3.8, 4) is 0 Å². The molecule has 3 aromatic rings. The van der Waals surface area contributed by atoms with E-state index >= 15 is 0 Å². The molecule has 3 rings (SSSR count). The third-order valence-electron chi connectivity index (χ3n) is 3.58. The molecule has 0 saturated carbocycles. The summed E-state index contributed by atoms with van der Waals surface area (Å²) in [6, 6.07) is 12.1. The van der Waals surface area contributed by atoms with Gasteiger partial charge in [-0.1, -0.05) is 0 Å². The lowest BCUT2D eigenvalue weighted by Crippen LogP contribution is -2.28. The molecule has 2 heterocycles. The number of carbonyl (C=O) groups excluding carboxylic acids is 1. The van der Waals surface area contributed by atoms with E-state index in [2.05, 4.69) is 20.6 Å². The second-order valence-electron chi connectivity index (χ2n) is 5.37. The zero-order valence-electron chi connectivity index (χ0n) is 13.7. The molecule has 132 valence electrons. The van der Waals surface area contributed by atoms with E-state index in [1.807, 2.05) is 0 Å². The molecule has 0 aliphatic heterocycles. The molecule has 0 atom stereocenters. The molecule has 0 aliphatic rings. The van der Waals surface area contributed by atoms with Crippen molar-refractivity contribution < 1.29 is 13.2 Å². The number of carbonyl (C=O) groups is 1. The number of anilines is 1. The van der Waals surface area contributed by atoms with Crippen LogP contribution in [0.15, 0.2) is 83.1 Å². The summed E-state index contributed by atoms with van der Waals surface area (Å²) in [5.74, 6) is 0. The number of aromatic nitrogens is 2. The number of pyridine rings is 2. The predicted octanol–water partition coefficient (Wildman–Crippen LogP) is 2.63. The Morgan fingerprint density at radius 2 is 1.35 bits per heavy atom. The molecule has 0 saturated heterocycles. The Kier molecular flexibility index (Phi) is 5.23. The Bertz CT molecular complexity index is 976. The highest BCUT2D eigenvalue weighted by atomic mass is 32.2. The Morgan fingerprint density at radius 3 is 1.96 bits per heavy atom. The number of nitrogens with one attached hydrogen (secondary N) is 2. The van der Waals surface area contributed by atoms with Crippen LogP contribution in [0.1, 0.15) is 5.56 Å². The molecule has 0 spiro atoms. The number of benzene rings is 1. The largest absolute Gasteiger partial charge is 0.334 e. The molecular formula is C18H16N4O3S. The first-order valence-electron chi connectivity index (χ1n) is 7.75. The zero-order valence-corrected chi connectivity index (χ0v) is 14.5. The van der Waals surface area contributed by atoms with Crippen LogP contribution in [0.25, 0.3) is 0 Å². The van der Waals surface area contributed by atoms with E-state index in [0.29, 0.717) is 12.2 Å².